The fourth-order valence-electron chi connectivity index (χ4n) is 7.13. The first-order chi connectivity index (χ1) is 21.4. The Bertz CT molecular complexity index is 1770. The smallest absolute Gasteiger partial charge is 0.353 e. The van der Waals surface area contributed by atoms with E-state index < -0.39 is 24.3 Å². The number of rotatable bonds is 8. The van der Waals surface area contributed by atoms with Crippen molar-refractivity contribution in [3.8, 4) is 5.75 Å². The Morgan fingerprint density at radius 1 is 0.773 bits per heavy atom. The molecule has 2 aliphatic carbocycles. The summed E-state index contributed by atoms with van der Waals surface area (Å²) in [5.41, 5.74) is 1.96. The Morgan fingerprint density at radius 3 is 2.30 bits per heavy atom. The lowest BCUT2D eigenvalue weighted by molar-refractivity contribution is -0.123. The molecule has 0 spiro atoms. The van der Waals surface area contributed by atoms with Crippen LogP contribution in [-0.2, 0) is 14.3 Å². The van der Waals surface area contributed by atoms with Crippen LogP contribution in [0.1, 0.15) is 54.7 Å². The van der Waals surface area contributed by atoms with E-state index in [9.17, 15) is 24.0 Å². The van der Waals surface area contributed by atoms with Crippen molar-refractivity contribution in [1.29, 1.82) is 0 Å². The van der Waals surface area contributed by atoms with Gasteiger partial charge in [0.1, 0.15) is 10.6 Å². The summed E-state index contributed by atoms with van der Waals surface area (Å²) in [5, 5.41) is 1.77. The SMILES string of the molecule is O=C(COC(=O)c1cccc(N2C(=O)[C@@H]3[C@H]4C[C@H]([C@H]3C2=O)[C@H](c2ccccc2)C4)c1)c1ccc(OC(=O)c2cccs2)cc1. The van der Waals surface area contributed by atoms with Gasteiger partial charge in [-0.15, -0.1) is 11.3 Å². The number of Topliss-reactive ketones (excluding diaryl/α,β-unsaturated/α-hetero) is 1. The van der Waals surface area contributed by atoms with Crippen LogP contribution < -0.4 is 9.64 Å². The molecular weight excluding hydrogens is 578 g/mol. The van der Waals surface area contributed by atoms with Crippen LogP contribution in [0.15, 0.2) is 96.4 Å². The second kappa shape index (κ2) is 11.3. The van der Waals surface area contributed by atoms with Crippen molar-refractivity contribution < 1.29 is 33.4 Å². The summed E-state index contributed by atoms with van der Waals surface area (Å²) in [6.45, 7) is -0.507. The topological polar surface area (TPSA) is 107 Å². The van der Waals surface area contributed by atoms with Gasteiger partial charge in [-0.05, 0) is 90.1 Å². The highest BCUT2D eigenvalue weighted by Crippen LogP contribution is 2.61. The first kappa shape index (κ1) is 27.9. The van der Waals surface area contributed by atoms with E-state index in [-0.39, 0.29) is 58.3 Å². The van der Waals surface area contributed by atoms with Gasteiger partial charge in [0.2, 0.25) is 11.8 Å². The number of ketones is 1. The maximum absolute atomic E-state index is 13.7. The molecule has 5 atom stereocenters. The van der Waals surface area contributed by atoms with Crippen LogP contribution in [0.25, 0.3) is 0 Å². The molecule has 220 valence electrons. The summed E-state index contributed by atoms with van der Waals surface area (Å²) < 4.78 is 10.6. The Morgan fingerprint density at radius 2 is 1.55 bits per heavy atom. The Hall–Kier alpha value is -4.89. The van der Waals surface area contributed by atoms with Gasteiger partial charge in [0.15, 0.2) is 12.4 Å². The number of carbonyl (C=O) groups excluding carboxylic acids is 5. The molecule has 8 nitrogen and oxygen atoms in total. The second-order valence-corrected chi connectivity index (χ2v) is 12.4. The van der Waals surface area contributed by atoms with E-state index in [4.69, 9.17) is 9.47 Å². The van der Waals surface area contributed by atoms with Crippen molar-refractivity contribution in [2.75, 3.05) is 11.5 Å². The van der Waals surface area contributed by atoms with Crippen LogP contribution in [0, 0.1) is 23.7 Å². The second-order valence-electron chi connectivity index (χ2n) is 11.4. The number of hydrogen-bond donors (Lipinski definition) is 0. The van der Waals surface area contributed by atoms with Gasteiger partial charge >= 0.3 is 11.9 Å². The average Bonchev–Trinajstić information content (AvgIpc) is 3.85. The molecule has 1 aliphatic heterocycles. The van der Waals surface area contributed by atoms with Crippen LogP contribution in [0.3, 0.4) is 0 Å². The van der Waals surface area contributed by atoms with E-state index in [2.05, 4.69) is 12.1 Å². The van der Waals surface area contributed by atoms with Gasteiger partial charge in [0.05, 0.1) is 23.1 Å². The van der Waals surface area contributed by atoms with E-state index in [1.807, 2.05) is 18.2 Å². The van der Waals surface area contributed by atoms with Crippen LogP contribution in [0.5, 0.6) is 5.75 Å². The lowest BCUT2D eigenvalue weighted by Crippen LogP contribution is -2.33. The number of hydrogen-bond acceptors (Lipinski definition) is 8. The lowest BCUT2D eigenvalue weighted by atomic mass is 9.73. The number of anilines is 1. The number of ether oxygens (including phenoxy) is 2. The van der Waals surface area contributed by atoms with Crippen molar-refractivity contribution in [2.24, 2.45) is 23.7 Å². The summed E-state index contributed by atoms with van der Waals surface area (Å²) >= 11 is 1.27. The van der Waals surface area contributed by atoms with Crippen LogP contribution in [-0.4, -0.2) is 36.1 Å². The Kier molecular flexibility index (Phi) is 7.18. The van der Waals surface area contributed by atoms with Crippen molar-refractivity contribution in [1.82, 2.24) is 0 Å². The van der Waals surface area contributed by atoms with Crippen LogP contribution in [0.2, 0.25) is 0 Å². The lowest BCUT2D eigenvalue weighted by Gasteiger charge is -2.28. The first-order valence-electron chi connectivity index (χ1n) is 14.5. The van der Waals surface area contributed by atoms with Crippen LogP contribution >= 0.6 is 11.3 Å². The third-order valence-corrected chi connectivity index (χ3v) is 9.88. The highest BCUT2D eigenvalue weighted by Gasteiger charge is 2.64. The molecule has 4 aromatic rings. The predicted molar refractivity (Wildman–Crippen MR) is 162 cm³/mol. The van der Waals surface area contributed by atoms with E-state index >= 15 is 0 Å². The molecule has 2 amide bonds. The molecule has 44 heavy (non-hydrogen) atoms. The van der Waals surface area contributed by atoms with Gasteiger partial charge in [-0.25, -0.2) is 9.59 Å². The summed E-state index contributed by atoms with van der Waals surface area (Å²) in [6, 6.07) is 25.8. The molecule has 0 unspecified atom stereocenters. The highest BCUT2D eigenvalue weighted by molar-refractivity contribution is 7.12. The van der Waals surface area contributed by atoms with Gasteiger partial charge < -0.3 is 9.47 Å². The van der Waals surface area contributed by atoms with E-state index in [1.54, 1.807) is 29.6 Å². The third-order valence-electron chi connectivity index (χ3n) is 9.03. The van der Waals surface area contributed by atoms with Gasteiger partial charge in [-0.3, -0.25) is 19.3 Å². The summed E-state index contributed by atoms with van der Waals surface area (Å²) in [6.07, 6.45) is 1.77. The maximum atomic E-state index is 13.7. The molecule has 3 fully saturated rings. The number of carbonyl (C=O) groups is 5. The molecule has 2 bridgehead atoms. The predicted octanol–water partition coefficient (Wildman–Crippen LogP) is 5.94. The molecular formula is C35H27NO7S. The van der Waals surface area contributed by atoms with Gasteiger partial charge in [-0.1, -0.05) is 42.5 Å². The maximum Gasteiger partial charge on any atom is 0.353 e. The Labute approximate surface area is 257 Å². The van der Waals surface area contributed by atoms with Gasteiger partial charge in [-0.2, -0.15) is 0 Å². The Balaban J connectivity index is 0.991. The minimum Gasteiger partial charge on any atom is -0.454 e. The zero-order chi connectivity index (χ0) is 30.4. The molecule has 3 aliphatic rings. The standard InChI is InChI=1S/C35H27NO7S/c37-28(21-11-13-25(14-12-21)43-35(41)29-10-5-15-44-29)19-42-34(40)22-8-4-9-24(16-22)36-32(38)30-23-17-26(20-6-2-1-3-7-20)27(18-23)31(30)33(36)39/h1-16,23,26-27,30-31H,17-19H2/t23-,26+,27+,30-,31-/m1/s1. The molecule has 1 aromatic heterocycles. The molecule has 1 saturated heterocycles. The van der Waals surface area contributed by atoms with Crippen molar-refractivity contribution >= 4 is 46.6 Å². The van der Waals surface area contributed by atoms with Gasteiger partial charge in [0, 0.05) is 5.56 Å². The van der Waals surface area contributed by atoms with Gasteiger partial charge in [0.25, 0.3) is 0 Å². The molecule has 9 heteroatoms. The zero-order valence-electron chi connectivity index (χ0n) is 23.5. The fourth-order valence-corrected chi connectivity index (χ4v) is 7.73. The monoisotopic (exact) mass is 605 g/mol. The molecule has 7 rings (SSSR count). The molecule has 2 saturated carbocycles. The summed E-state index contributed by atoms with van der Waals surface area (Å²) in [7, 11) is 0. The van der Waals surface area contributed by atoms with E-state index in [0.29, 0.717) is 10.6 Å². The van der Waals surface area contributed by atoms with E-state index in [0.717, 1.165) is 12.8 Å². The summed E-state index contributed by atoms with van der Waals surface area (Å²) in [4.78, 5) is 66.6. The van der Waals surface area contributed by atoms with Crippen molar-refractivity contribution in [3.05, 3.63) is 118 Å². The molecule has 2 heterocycles. The zero-order valence-corrected chi connectivity index (χ0v) is 24.3. The molecule has 3 aromatic carbocycles. The molecule has 0 radical (unpaired) electrons. The molecule has 0 N–H and O–H groups in total. The van der Waals surface area contributed by atoms with Crippen LogP contribution in [0.4, 0.5) is 5.69 Å². The third kappa shape index (κ3) is 4.93. The number of imide groups is 1. The largest absolute Gasteiger partial charge is 0.454 e. The number of fused-ring (bicyclic) bond motifs is 5. The number of amides is 2. The average molecular weight is 606 g/mol. The number of thiophene rings is 1. The van der Waals surface area contributed by atoms with Crippen molar-refractivity contribution in [2.45, 2.75) is 18.8 Å². The minimum atomic E-state index is -0.745. The number of benzene rings is 3. The number of nitrogens with zero attached hydrogens (tertiary/aromatic N) is 1. The van der Waals surface area contributed by atoms with E-state index in [1.165, 1.54) is 58.2 Å². The normalized spacial score (nSPS) is 23.5. The fraction of sp³-hybridized carbons (Fsp3) is 0.229. The number of esters is 2. The van der Waals surface area contributed by atoms with Crippen molar-refractivity contribution in [3.63, 3.8) is 0 Å². The minimum absolute atomic E-state index is 0.120. The quantitative estimate of drug-likeness (QED) is 0.106. The summed E-state index contributed by atoms with van der Waals surface area (Å²) in [5.74, 6) is -1.94. The first-order valence-corrected chi connectivity index (χ1v) is 15.4. The highest BCUT2D eigenvalue weighted by atomic mass is 32.1.